The van der Waals surface area contributed by atoms with Crippen molar-refractivity contribution in [3.05, 3.63) is 59.7 Å². The molecular formula is C20H26N3O2+. The Morgan fingerprint density at radius 1 is 1.16 bits per heavy atom. The fraction of sp³-hybridized carbons (Fsp3) is 0.350. The van der Waals surface area contributed by atoms with Crippen LogP contribution >= 0.6 is 0 Å². The normalized spacial score (nSPS) is 16.1. The summed E-state index contributed by atoms with van der Waals surface area (Å²) in [6.45, 7) is 7.15. The van der Waals surface area contributed by atoms with Crippen LogP contribution < -0.4 is 9.64 Å². The average Bonchev–Trinajstić information content (AvgIpc) is 2.64. The molecule has 0 bridgehead atoms. The number of aromatic hydroxyl groups is 1. The van der Waals surface area contributed by atoms with Crippen LogP contribution in [0.5, 0.6) is 11.5 Å². The van der Waals surface area contributed by atoms with E-state index in [9.17, 15) is 5.11 Å². The first-order valence-corrected chi connectivity index (χ1v) is 8.70. The molecule has 2 aromatic carbocycles. The van der Waals surface area contributed by atoms with Crippen LogP contribution in [0.25, 0.3) is 0 Å². The second-order valence-electron chi connectivity index (χ2n) is 6.44. The van der Waals surface area contributed by atoms with Gasteiger partial charge in [-0.05, 0) is 25.1 Å². The van der Waals surface area contributed by atoms with Crippen molar-refractivity contribution in [3.63, 3.8) is 0 Å². The van der Waals surface area contributed by atoms with Gasteiger partial charge in [-0.3, -0.25) is 5.01 Å². The molecule has 5 heteroatoms. The van der Waals surface area contributed by atoms with E-state index < -0.39 is 0 Å². The van der Waals surface area contributed by atoms with Crippen LogP contribution in [0.1, 0.15) is 18.1 Å². The minimum Gasteiger partial charge on any atom is -0.504 e. The van der Waals surface area contributed by atoms with Crippen molar-refractivity contribution in [1.82, 2.24) is 5.01 Å². The first-order chi connectivity index (χ1) is 12.2. The number of nitrogens with zero attached hydrogens (tertiary/aromatic N) is 2. The maximum atomic E-state index is 9.71. The van der Waals surface area contributed by atoms with Crippen LogP contribution in [0.4, 0.5) is 0 Å². The van der Waals surface area contributed by atoms with E-state index in [1.165, 1.54) is 5.56 Å². The smallest absolute Gasteiger partial charge is 0.161 e. The minimum absolute atomic E-state index is 0.150. The van der Waals surface area contributed by atoms with Gasteiger partial charge in [0.15, 0.2) is 11.5 Å². The van der Waals surface area contributed by atoms with Gasteiger partial charge in [-0.1, -0.05) is 30.3 Å². The summed E-state index contributed by atoms with van der Waals surface area (Å²) in [6, 6.07) is 16.0. The second kappa shape index (κ2) is 8.03. The van der Waals surface area contributed by atoms with E-state index in [0.717, 1.165) is 44.0 Å². The van der Waals surface area contributed by atoms with Gasteiger partial charge in [0.25, 0.3) is 0 Å². The fourth-order valence-electron chi connectivity index (χ4n) is 3.15. The summed E-state index contributed by atoms with van der Waals surface area (Å²) in [5.74, 6) is 0.626. The third-order valence-electron chi connectivity index (χ3n) is 4.63. The van der Waals surface area contributed by atoms with Crippen LogP contribution in [0, 0.1) is 0 Å². The SMILES string of the molecule is COc1cc(/C(C)=N/N2CC[NH+](Cc3ccccc3)CC2)ccc1O. The average molecular weight is 340 g/mol. The largest absolute Gasteiger partial charge is 0.504 e. The molecule has 0 aliphatic carbocycles. The van der Waals surface area contributed by atoms with Gasteiger partial charge in [-0.25, -0.2) is 0 Å². The number of hydrogen-bond donors (Lipinski definition) is 2. The van der Waals surface area contributed by atoms with Gasteiger partial charge in [0.05, 0.1) is 39.0 Å². The van der Waals surface area contributed by atoms with E-state index in [0.29, 0.717) is 5.75 Å². The number of quaternary nitrogens is 1. The molecule has 2 aromatic rings. The number of methoxy groups -OCH3 is 1. The number of piperazine rings is 1. The van der Waals surface area contributed by atoms with Crippen molar-refractivity contribution < 1.29 is 14.7 Å². The Labute approximate surface area is 149 Å². The Morgan fingerprint density at radius 3 is 2.56 bits per heavy atom. The Kier molecular flexibility index (Phi) is 5.56. The molecule has 3 rings (SSSR count). The summed E-state index contributed by atoms with van der Waals surface area (Å²) >= 11 is 0. The van der Waals surface area contributed by atoms with Crippen LogP contribution in [0.3, 0.4) is 0 Å². The van der Waals surface area contributed by atoms with Gasteiger partial charge in [-0.2, -0.15) is 5.10 Å². The molecule has 0 radical (unpaired) electrons. The summed E-state index contributed by atoms with van der Waals surface area (Å²) < 4.78 is 5.17. The summed E-state index contributed by atoms with van der Waals surface area (Å²) in [4.78, 5) is 1.60. The zero-order chi connectivity index (χ0) is 17.6. The van der Waals surface area contributed by atoms with Crippen LogP contribution in [0.2, 0.25) is 0 Å². The number of rotatable bonds is 5. The highest BCUT2D eigenvalue weighted by atomic mass is 16.5. The number of nitrogens with one attached hydrogen (secondary N) is 1. The zero-order valence-corrected chi connectivity index (χ0v) is 14.9. The topological polar surface area (TPSA) is 49.5 Å². The number of phenols is 1. The third kappa shape index (κ3) is 4.51. The molecule has 5 nitrogen and oxygen atoms in total. The van der Waals surface area contributed by atoms with Crippen molar-refractivity contribution in [2.45, 2.75) is 13.5 Å². The first kappa shape index (κ1) is 17.3. The van der Waals surface area contributed by atoms with E-state index in [4.69, 9.17) is 9.84 Å². The maximum Gasteiger partial charge on any atom is 0.161 e. The fourth-order valence-corrected chi connectivity index (χ4v) is 3.15. The molecular weight excluding hydrogens is 314 g/mol. The highest BCUT2D eigenvalue weighted by molar-refractivity contribution is 5.99. The lowest BCUT2D eigenvalue weighted by Crippen LogP contribution is -3.13. The summed E-state index contributed by atoms with van der Waals surface area (Å²) in [7, 11) is 1.56. The number of hydrogen-bond acceptors (Lipinski definition) is 4. The molecule has 0 spiro atoms. The molecule has 132 valence electrons. The van der Waals surface area contributed by atoms with Gasteiger partial charge in [0.1, 0.15) is 6.54 Å². The molecule has 2 N–H and O–H groups in total. The van der Waals surface area contributed by atoms with Crippen molar-refractivity contribution in [1.29, 1.82) is 0 Å². The lowest BCUT2D eigenvalue weighted by Gasteiger charge is -2.31. The van der Waals surface area contributed by atoms with Crippen molar-refractivity contribution in [2.24, 2.45) is 5.10 Å². The van der Waals surface area contributed by atoms with E-state index >= 15 is 0 Å². The lowest BCUT2D eigenvalue weighted by molar-refractivity contribution is -0.918. The first-order valence-electron chi connectivity index (χ1n) is 8.70. The molecule has 1 aliphatic heterocycles. The molecule has 0 unspecified atom stereocenters. The van der Waals surface area contributed by atoms with E-state index in [1.54, 1.807) is 18.1 Å². The number of hydrazone groups is 1. The highest BCUT2D eigenvalue weighted by Gasteiger charge is 2.19. The van der Waals surface area contributed by atoms with E-state index in [1.807, 2.05) is 19.1 Å². The molecule has 0 saturated carbocycles. The molecule has 1 fully saturated rings. The van der Waals surface area contributed by atoms with E-state index in [-0.39, 0.29) is 5.75 Å². The summed E-state index contributed by atoms with van der Waals surface area (Å²) in [5, 5.41) is 16.6. The summed E-state index contributed by atoms with van der Waals surface area (Å²) in [6.07, 6.45) is 0. The Morgan fingerprint density at radius 2 is 1.88 bits per heavy atom. The van der Waals surface area contributed by atoms with Crippen LogP contribution in [-0.2, 0) is 6.54 Å². The number of phenolic OH excluding ortho intramolecular Hbond substituents is 1. The Bertz CT molecular complexity index is 723. The van der Waals surface area contributed by atoms with Gasteiger partial charge in [-0.15, -0.1) is 0 Å². The van der Waals surface area contributed by atoms with Gasteiger partial charge in [0, 0.05) is 11.1 Å². The quantitative estimate of drug-likeness (QED) is 0.812. The molecule has 1 saturated heterocycles. The van der Waals surface area contributed by atoms with Gasteiger partial charge >= 0.3 is 0 Å². The molecule has 0 atom stereocenters. The standard InChI is InChI=1S/C20H25N3O2/c1-16(18-8-9-19(24)20(14-18)25-2)21-23-12-10-22(11-13-23)15-17-6-4-3-5-7-17/h3-9,14,24H,10-13,15H2,1-2H3/p+1/b21-16+. The molecule has 1 aliphatic rings. The van der Waals surface area contributed by atoms with Crippen LogP contribution in [-0.4, -0.2) is 49.1 Å². The zero-order valence-electron chi connectivity index (χ0n) is 14.9. The lowest BCUT2D eigenvalue weighted by atomic mass is 10.1. The summed E-state index contributed by atoms with van der Waals surface area (Å²) in [5.41, 5.74) is 3.29. The van der Waals surface area contributed by atoms with Gasteiger partial charge in [0.2, 0.25) is 0 Å². The van der Waals surface area contributed by atoms with Crippen molar-refractivity contribution in [2.75, 3.05) is 33.3 Å². The highest BCUT2D eigenvalue weighted by Crippen LogP contribution is 2.26. The van der Waals surface area contributed by atoms with Crippen molar-refractivity contribution in [3.8, 4) is 11.5 Å². The van der Waals surface area contributed by atoms with E-state index in [2.05, 4.69) is 35.3 Å². The second-order valence-corrected chi connectivity index (χ2v) is 6.44. The molecule has 0 amide bonds. The predicted molar refractivity (Wildman–Crippen MR) is 99.3 cm³/mol. The predicted octanol–water partition coefficient (Wildman–Crippen LogP) is 1.53. The molecule has 0 aromatic heterocycles. The number of benzene rings is 2. The maximum absolute atomic E-state index is 9.71. The monoisotopic (exact) mass is 340 g/mol. The van der Waals surface area contributed by atoms with Crippen LogP contribution in [0.15, 0.2) is 53.6 Å². The van der Waals surface area contributed by atoms with Crippen molar-refractivity contribution >= 4 is 5.71 Å². The van der Waals surface area contributed by atoms with Gasteiger partial charge < -0.3 is 14.7 Å². The minimum atomic E-state index is 0.150. The Balaban J connectivity index is 1.58. The molecule has 1 heterocycles. The number of ether oxygens (including phenoxy) is 1. The Hall–Kier alpha value is -2.53. The molecule has 25 heavy (non-hydrogen) atoms. The third-order valence-corrected chi connectivity index (χ3v) is 4.63.